The molecule has 4 rings (SSSR count). The van der Waals surface area contributed by atoms with Crippen LogP contribution >= 0.6 is 22.6 Å². The van der Waals surface area contributed by atoms with Crippen molar-refractivity contribution in [3.05, 3.63) is 21.4 Å². The molecule has 0 unspecified atom stereocenters. The molecule has 1 saturated carbocycles. The Bertz CT molecular complexity index is 503. The molecule has 1 aromatic rings. The van der Waals surface area contributed by atoms with Gasteiger partial charge in [-0.05, 0) is 41.5 Å². The van der Waals surface area contributed by atoms with Gasteiger partial charge >= 0.3 is 0 Å². The Labute approximate surface area is 126 Å². The summed E-state index contributed by atoms with van der Waals surface area (Å²) in [4.78, 5) is 4.41. The summed E-state index contributed by atoms with van der Waals surface area (Å²) in [6.07, 6.45) is 5.90. The van der Waals surface area contributed by atoms with Crippen molar-refractivity contribution in [2.24, 2.45) is 0 Å². The van der Waals surface area contributed by atoms with Crippen LogP contribution in [0.25, 0.3) is 0 Å². The van der Waals surface area contributed by atoms with Crippen molar-refractivity contribution < 1.29 is 14.2 Å². The minimum Gasteiger partial charge on any atom is -0.476 e. The molecule has 0 amide bonds. The van der Waals surface area contributed by atoms with Crippen LogP contribution in [0.2, 0.25) is 0 Å². The third kappa shape index (κ3) is 1.89. The lowest BCUT2D eigenvalue weighted by Gasteiger charge is -2.40. The summed E-state index contributed by atoms with van der Waals surface area (Å²) in [5, 5.41) is 0. The molecule has 3 aliphatic rings. The van der Waals surface area contributed by atoms with Gasteiger partial charge in [-0.3, -0.25) is 0 Å². The maximum Gasteiger partial charge on any atom is 0.217 e. The predicted molar refractivity (Wildman–Crippen MR) is 77.2 cm³/mol. The van der Waals surface area contributed by atoms with Crippen LogP contribution in [0.15, 0.2) is 12.3 Å². The van der Waals surface area contributed by atoms with Gasteiger partial charge < -0.3 is 14.2 Å². The fourth-order valence-corrected chi connectivity index (χ4v) is 3.97. The summed E-state index contributed by atoms with van der Waals surface area (Å²) in [5.41, 5.74) is 1.41. The van der Waals surface area contributed by atoms with Gasteiger partial charge in [-0.1, -0.05) is 0 Å². The smallest absolute Gasteiger partial charge is 0.217 e. The molecule has 5 heteroatoms. The molecule has 2 fully saturated rings. The number of hydrogen-bond donors (Lipinski definition) is 0. The molecule has 0 aromatic carbocycles. The van der Waals surface area contributed by atoms with Crippen LogP contribution in [0, 0.1) is 3.57 Å². The Hall–Kier alpha value is -0.400. The summed E-state index contributed by atoms with van der Waals surface area (Å²) in [7, 11) is 0. The molecule has 3 heterocycles. The highest BCUT2D eigenvalue weighted by Crippen LogP contribution is 2.51. The average molecular weight is 373 g/mol. The van der Waals surface area contributed by atoms with E-state index in [1.165, 1.54) is 9.13 Å². The number of hydrogen-bond acceptors (Lipinski definition) is 4. The highest BCUT2D eigenvalue weighted by molar-refractivity contribution is 14.1. The first-order chi connectivity index (χ1) is 9.22. The van der Waals surface area contributed by atoms with E-state index in [2.05, 4.69) is 33.6 Å². The second kappa shape index (κ2) is 4.30. The van der Waals surface area contributed by atoms with E-state index in [4.69, 9.17) is 14.2 Å². The molecular formula is C14H16INO3. The van der Waals surface area contributed by atoms with Crippen molar-refractivity contribution in [1.29, 1.82) is 0 Å². The van der Waals surface area contributed by atoms with Crippen molar-refractivity contribution in [3.8, 4) is 5.88 Å². The molecular weight excluding hydrogens is 357 g/mol. The number of pyridine rings is 1. The fraction of sp³-hybridized carbons (Fsp3) is 0.643. The van der Waals surface area contributed by atoms with E-state index in [9.17, 15) is 0 Å². The number of aromatic nitrogens is 1. The Kier molecular flexibility index (Phi) is 2.79. The number of ether oxygens (including phenoxy) is 3. The largest absolute Gasteiger partial charge is 0.476 e. The quantitative estimate of drug-likeness (QED) is 0.656. The van der Waals surface area contributed by atoms with E-state index < -0.39 is 0 Å². The first-order valence-corrected chi connectivity index (χ1v) is 7.86. The van der Waals surface area contributed by atoms with E-state index >= 15 is 0 Å². The number of rotatable bonds is 0. The Morgan fingerprint density at radius 2 is 1.84 bits per heavy atom. The number of fused-ring (bicyclic) bond motifs is 2. The predicted octanol–water partition coefficient (Wildman–Crippen LogP) is 2.63. The van der Waals surface area contributed by atoms with Gasteiger partial charge in [0.2, 0.25) is 5.88 Å². The zero-order valence-corrected chi connectivity index (χ0v) is 12.8. The zero-order valence-electron chi connectivity index (χ0n) is 10.7. The van der Waals surface area contributed by atoms with Crippen molar-refractivity contribution >= 4 is 22.6 Å². The van der Waals surface area contributed by atoms with Gasteiger partial charge in [-0.25, -0.2) is 4.98 Å². The van der Waals surface area contributed by atoms with Crippen LogP contribution in [0.5, 0.6) is 5.88 Å². The van der Waals surface area contributed by atoms with Gasteiger partial charge in [0.25, 0.3) is 0 Å². The Morgan fingerprint density at radius 1 is 1.11 bits per heavy atom. The molecule has 102 valence electrons. The van der Waals surface area contributed by atoms with Gasteiger partial charge in [0.15, 0.2) is 5.79 Å². The summed E-state index contributed by atoms with van der Waals surface area (Å²) < 4.78 is 18.6. The molecule has 0 radical (unpaired) electrons. The van der Waals surface area contributed by atoms with Gasteiger partial charge in [0.05, 0.1) is 19.8 Å². The molecule has 0 bridgehead atoms. The fourth-order valence-electron chi connectivity index (χ4n) is 3.51. The number of halogens is 1. The maximum atomic E-state index is 5.82. The average Bonchev–Trinajstić information content (AvgIpc) is 3.01. The standard InChI is InChI=1S/C14H16INO3/c15-10-7-11-12(16-8-10)17-9-13(11)1-3-14(4-2-13)18-5-6-19-14/h7-8H,1-6,9H2. The first-order valence-electron chi connectivity index (χ1n) is 6.78. The molecule has 4 nitrogen and oxygen atoms in total. The van der Waals surface area contributed by atoms with Crippen LogP contribution in [0.1, 0.15) is 31.2 Å². The molecule has 0 atom stereocenters. The van der Waals surface area contributed by atoms with Crippen LogP contribution in [-0.4, -0.2) is 30.6 Å². The van der Waals surface area contributed by atoms with Gasteiger partial charge in [-0.15, -0.1) is 0 Å². The molecule has 1 aliphatic carbocycles. The van der Waals surface area contributed by atoms with E-state index in [1.807, 2.05) is 6.20 Å². The number of nitrogens with zero attached hydrogens (tertiary/aromatic N) is 1. The van der Waals surface area contributed by atoms with Gasteiger partial charge in [-0.2, -0.15) is 0 Å². The summed E-state index contributed by atoms with van der Waals surface area (Å²) in [5.74, 6) is 0.522. The normalized spacial score (nSPS) is 26.6. The van der Waals surface area contributed by atoms with Crippen molar-refractivity contribution in [2.75, 3.05) is 19.8 Å². The highest BCUT2D eigenvalue weighted by Gasteiger charge is 2.50. The lowest BCUT2D eigenvalue weighted by Crippen LogP contribution is -2.43. The van der Waals surface area contributed by atoms with E-state index in [0.717, 1.165) is 51.4 Å². The third-order valence-corrected chi connectivity index (χ3v) is 5.25. The second-order valence-corrected chi connectivity index (χ2v) is 6.93. The molecule has 19 heavy (non-hydrogen) atoms. The van der Waals surface area contributed by atoms with Crippen molar-refractivity contribution in [3.63, 3.8) is 0 Å². The lowest BCUT2D eigenvalue weighted by molar-refractivity contribution is -0.185. The molecule has 0 N–H and O–H groups in total. The van der Waals surface area contributed by atoms with Crippen molar-refractivity contribution in [1.82, 2.24) is 4.98 Å². The second-order valence-electron chi connectivity index (χ2n) is 5.68. The lowest BCUT2D eigenvalue weighted by atomic mass is 9.69. The SMILES string of the molecule is Ic1cnc2c(c1)C1(CCC3(CC1)OCCO3)CO2. The van der Waals surface area contributed by atoms with Crippen LogP contribution in [-0.2, 0) is 14.9 Å². The maximum absolute atomic E-state index is 5.82. The van der Waals surface area contributed by atoms with Crippen molar-refractivity contribution in [2.45, 2.75) is 36.9 Å². The minimum atomic E-state index is -0.302. The van der Waals surface area contributed by atoms with Gasteiger partial charge in [0, 0.05) is 33.6 Å². The zero-order chi connectivity index (χ0) is 12.9. The first kappa shape index (κ1) is 12.3. The Morgan fingerprint density at radius 3 is 2.58 bits per heavy atom. The summed E-state index contributed by atoms with van der Waals surface area (Å²) in [6, 6.07) is 2.23. The van der Waals surface area contributed by atoms with E-state index in [-0.39, 0.29) is 11.2 Å². The topological polar surface area (TPSA) is 40.6 Å². The monoisotopic (exact) mass is 373 g/mol. The molecule has 1 aromatic heterocycles. The molecule has 1 saturated heterocycles. The minimum absolute atomic E-state index is 0.129. The van der Waals surface area contributed by atoms with Gasteiger partial charge in [0.1, 0.15) is 0 Å². The van der Waals surface area contributed by atoms with Crippen LogP contribution < -0.4 is 4.74 Å². The molecule has 2 aliphatic heterocycles. The van der Waals surface area contributed by atoms with Crippen LogP contribution in [0.3, 0.4) is 0 Å². The van der Waals surface area contributed by atoms with Crippen LogP contribution in [0.4, 0.5) is 0 Å². The Balaban J connectivity index is 1.63. The third-order valence-electron chi connectivity index (χ3n) is 4.66. The highest BCUT2D eigenvalue weighted by atomic mass is 127. The van der Waals surface area contributed by atoms with E-state index in [1.54, 1.807) is 0 Å². The molecule has 2 spiro atoms. The van der Waals surface area contributed by atoms with E-state index in [0.29, 0.717) is 0 Å². The summed E-state index contributed by atoms with van der Waals surface area (Å²) >= 11 is 2.32. The summed E-state index contributed by atoms with van der Waals surface area (Å²) in [6.45, 7) is 2.23.